The molecule has 2 aliphatic heterocycles. The van der Waals surface area contributed by atoms with E-state index < -0.39 is 16.6 Å². The van der Waals surface area contributed by atoms with Crippen molar-refractivity contribution in [3.8, 4) is 0 Å². The lowest BCUT2D eigenvalue weighted by Crippen LogP contribution is -2.65. The maximum absolute atomic E-state index is 13.1. The van der Waals surface area contributed by atoms with E-state index in [9.17, 15) is 24.3 Å². The number of hydrogen-bond acceptors (Lipinski definition) is 8. The molecule has 2 aromatic carbocycles. The van der Waals surface area contributed by atoms with Crippen LogP contribution in [0.15, 0.2) is 71.5 Å². The number of nitrogens with zero attached hydrogens (tertiary/aromatic N) is 2. The molecule has 10 heteroatoms. The van der Waals surface area contributed by atoms with Crippen LogP contribution >= 0.6 is 0 Å². The summed E-state index contributed by atoms with van der Waals surface area (Å²) in [5, 5.41) is 13.1. The molecule has 4 fully saturated rings. The third kappa shape index (κ3) is 5.37. The highest BCUT2D eigenvalue weighted by Gasteiger charge is 2.73. The Morgan fingerprint density at radius 3 is 1.89 bits per heavy atom. The minimum absolute atomic E-state index is 0.105. The molecule has 4 amide bonds. The van der Waals surface area contributed by atoms with Gasteiger partial charge in [-0.25, -0.2) is 0 Å². The summed E-state index contributed by atoms with van der Waals surface area (Å²) in [4.78, 5) is 54.3. The summed E-state index contributed by atoms with van der Waals surface area (Å²) in [5.41, 5.74) is 0.711. The molecule has 0 radical (unpaired) electrons. The van der Waals surface area contributed by atoms with E-state index in [1.54, 1.807) is 61.1 Å². The molecule has 1 aromatic heterocycles. The second-order valence-electron chi connectivity index (χ2n) is 17.6. The highest BCUT2D eigenvalue weighted by molar-refractivity contribution is 6.22. The summed E-state index contributed by atoms with van der Waals surface area (Å²) < 4.78 is 19.1. The van der Waals surface area contributed by atoms with Gasteiger partial charge in [0, 0.05) is 37.3 Å². The molecule has 10 nitrogen and oxygen atoms in total. The van der Waals surface area contributed by atoms with Crippen molar-refractivity contribution in [1.29, 1.82) is 0 Å². The predicted octanol–water partition coefficient (Wildman–Crippen LogP) is 7.41. The normalized spacial score (nSPS) is 35.1. The van der Waals surface area contributed by atoms with Crippen LogP contribution in [0.25, 0.3) is 0 Å². The lowest BCUT2D eigenvalue weighted by Gasteiger charge is -2.64. The summed E-state index contributed by atoms with van der Waals surface area (Å²) in [7, 11) is 0. The van der Waals surface area contributed by atoms with Gasteiger partial charge in [0.2, 0.25) is 0 Å². The fraction of sp³-hybridized carbons (Fsp3) is 0.556. The van der Waals surface area contributed by atoms with E-state index >= 15 is 0 Å². The van der Waals surface area contributed by atoms with Crippen LogP contribution in [0.5, 0.6) is 0 Å². The van der Waals surface area contributed by atoms with Crippen LogP contribution in [0, 0.1) is 28.6 Å². The Bertz CT molecular complexity index is 1940. The number of ether oxygens (including phenoxy) is 2. The molecule has 0 spiro atoms. The third-order valence-corrected chi connectivity index (χ3v) is 15.4. The number of carbonyl (C=O) groups is 4. The standard InChI is InChI=1S/C45H52N2O8/c1-42-18-15-31(54-24-7-22-46-38(48)32-9-3-4-10-33(32)39(46)49)27-29(42)13-14-37-36(42)16-19-43(2)44(37,52)20-21-45(43,30-17-26-53-28-30)55-25-8-23-47-40(50)34-11-5-6-12-35(34)41(47)51/h3-6,9-12,17,26,28-29,31,36-37,52H,7-8,13-16,18-25,27H2,1-2H3/t29?,31?,36-,37-,42+,43+,44-,45?/m1/s1. The van der Waals surface area contributed by atoms with Crippen molar-refractivity contribution >= 4 is 23.6 Å². The zero-order chi connectivity index (χ0) is 38.2. The Labute approximate surface area is 322 Å². The van der Waals surface area contributed by atoms with Gasteiger partial charge in [0.1, 0.15) is 5.60 Å². The van der Waals surface area contributed by atoms with Crippen LogP contribution in [0.1, 0.15) is 131 Å². The molecule has 55 heavy (non-hydrogen) atoms. The number of amides is 4. The molecule has 4 saturated carbocycles. The fourth-order valence-corrected chi connectivity index (χ4v) is 12.4. The molecule has 3 unspecified atom stereocenters. The van der Waals surface area contributed by atoms with Gasteiger partial charge in [-0.1, -0.05) is 38.1 Å². The second kappa shape index (κ2) is 13.5. The van der Waals surface area contributed by atoms with Crippen molar-refractivity contribution in [2.45, 2.75) is 102 Å². The third-order valence-electron chi connectivity index (χ3n) is 15.4. The van der Waals surface area contributed by atoms with Gasteiger partial charge >= 0.3 is 0 Å². The van der Waals surface area contributed by atoms with Crippen molar-refractivity contribution in [1.82, 2.24) is 9.80 Å². The molecule has 6 aliphatic rings. The number of fused-ring (bicyclic) bond motifs is 7. The van der Waals surface area contributed by atoms with Crippen LogP contribution in [-0.2, 0) is 15.1 Å². The van der Waals surface area contributed by atoms with Crippen molar-refractivity contribution < 1.29 is 38.2 Å². The zero-order valence-corrected chi connectivity index (χ0v) is 32.0. The first kappa shape index (κ1) is 36.5. The molecule has 4 aliphatic carbocycles. The quantitative estimate of drug-likeness (QED) is 0.159. The van der Waals surface area contributed by atoms with Crippen LogP contribution in [0.4, 0.5) is 0 Å². The molecule has 9 rings (SSSR count). The van der Waals surface area contributed by atoms with Crippen molar-refractivity contribution in [2.24, 2.45) is 28.6 Å². The second-order valence-corrected chi connectivity index (χ2v) is 17.6. The number of furan rings is 1. The van der Waals surface area contributed by atoms with Crippen molar-refractivity contribution in [2.75, 3.05) is 26.3 Å². The van der Waals surface area contributed by atoms with Crippen LogP contribution in [0.2, 0.25) is 0 Å². The van der Waals surface area contributed by atoms with E-state index in [0.29, 0.717) is 79.5 Å². The van der Waals surface area contributed by atoms with Gasteiger partial charge in [-0.05, 0) is 124 Å². The van der Waals surface area contributed by atoms with E-state index in [4.69, 9.17) is 13.9 Å². The first-order valence-electron chi connectivity index (χ1n) is 20.4. The molecule has 1 N–H and O–H groups in total. The number of aliphatic hydroxyl groups is 1. The monoisotopic (exact) mass is 748 g/mol. The highest BCUT2D eigenvalue weighted by atomic mass is 16.5. The van der Waals surface area contributed by atoms with E-state index in [2.05, 4.69) is 13.8 Å². The van der Waals surface area contributed by atoms with E-state index in [0.717, 1.165) is 50.5 Å². The van der Waals surface area contributed by atoms with Gasteiger partial charge in [0.05, 0.1) is 46.5 Å². The number of hydrogen-bond donors (Lipinski definition) is 1. The first-order chi connectivity index (χ1) is 26.5. The molecule has 0 saturated heterocycles. The van der Waals surface area contributed by atoms with Crippen LogP contribution in [0.3, 0.4) is 0 Å². The molecule has 8 atom stereocenters. The van der Waals surface area contributed by atoms with Gasteiger partial charge in [-0.15, -0.1) is 0 Å². The van der Waals surface area contributed by atoms with Gasteiger partial charge in [0.25, 0.3) is 23.6 Å². The summed E-state index contributed by atoms with van der Waals surface area (Å²) >= 11 is 0. The Morgan fingerprint density at radius 2 is 1.31 bits per heavy atom. The minimum Gasteiger partial charge on any atom is -0.472 e. The largest absolute Gasteiger partial charge is 0.472 e. The molecular weight excluding hydrogens is 697 g/mol. The summed E-state index contributed by atoms with van der Waals surface area (Å²) in [5.74, 6) is 0.117. The van der Waals surface area contributed by atoms with Crippen molar-refractivity contribution in [3.05, 3.63) is 94.9 Å². The average Bonchev–Trinajstić information content (AvgIpc) is 3.93. The molecule has 3 aromatic rings. The van der Waals surface area contributed by atoms with Gasteiger partial charge in [-0.2, -0.15) is 0 Å². The topological polar surface area (TPSA) is 127 Å². The Morgan fingerprint density at radius 1 is 0.709 bits per heavy atom. The number of rotatable bonds is 11. The van der Waals surface area contributed by atoms with E-state index in [1.165, 1.54) is 9.80 Å². The maximum atomic E-state index is 13.1. The van der Waals surface area contributed by atoms with Gasteiger partial charge in [0.15, 0.2) is 0 Å². The molecule has 3 heterocycles. The molecule has 0 bridgehead atoms. The molecular formula is C45H52N2O8. The maximum Gasteiger partial charge on any atom is 0.261 e. The van der Waals surface area contributed by atoms with Gasteiger partial charge in [-0.3, -0.25) is 29.0 Å². The Balaban J connectivity index is 0.836. The highest BCUT2D eigenvalue weighted by Crippen LogP contribution is 2.72. The minimum atomic E-state index is -0.916. The Hall–Kier alpha value is -4.12. The average molecular weight is 749 g/mol. The van der Waals surface area contributed by atoms with Gasteiger partial charge < -0.3 is 19.0 Å². The molecule has 290 valence electrons. The first-order valence-corrected chi connectivity index (χ1v) is 20.4. The van der Waals surface area contributed by atoms with Crippen molar-refractivity contribution in [3.63, 3.8) is 0 Å². The smallest absolute Gasteiger partial charge is 0.261 e. The number of carbonyl (C=O) groups excluding carboxylic acids is 4. The van der Waals surface area contributed by atoms with E-state index in [-0.39, 0.29) is 47.6 Å². The zero-order valence-electron chi connectivity index (χ0n) is 32.0. The lowest BCUT2D eigenvalue weighted by atomic mass is 9.43. The summed E-state index contributed by atoms with van der Waals surface area (Å²) in [6, 6.07) is 16.0. The lowest BCUT2D eigenvalue weighted by molar-refractivity contribution is -0.249. The van der Waals surface area contributed by atoms with Crippen LogP contribution < -0.4 is 0 Å². The van der Waals surface area contributed by atoms with E-state index in [1.807, 2.05) is 6.07 Å². The van der Waals surface area contributed by atoms with Crippen LogP contribution in [-0.4, -0.2) is 76.5 Å². The summed E-state index contributed by atoms with van der Waals surface area (Å²) in [6.07, 6.45) is 12.9. The fourth-order valence-electron chi connectivity index (χ4n) is 12.4. The Kier molecular flexibility index (Phi) is 8.98. The SMILES string of the molecule is C[C@]12CCC(OCCCN3C(=O)c4ccccc4C3=O)CC1CC[C@@H]1[C@H]2CC[C@]2(C)C(OCCCN3C(=O)c4ccccc4C3=O)(c3ccoc3)CC[C@@]12O. The number of imide groups is 2. The predicted molar refractivity (Wildman–Crippen MR) is 202 cm³/mol. The summed E-state index contributed by atoms with van der Waals surface area (Å²) in [6.45, 7) is 6.19. The number of benzene rings is 2.